The molecule has 1 aromatic carbocycles. The van der Waals surface area contributed by atoms with Crippen LogP contribution in [-0.4, -0.2) is 22.5 Å². The number of carbonyl (C=O) groups is 2. The molecule has 1 aliphatic carbocycles. The zero-order valence-electron chi connectivity index (χ0n) is 12.1. The molecule has 0 bridgehead atoms. The average Bonchev–Trinajstić information content (AvgIpc) is 3.17. The lowest BCUT2D eigenvalue weighted by Crippen LogP contribution is -2.50. The second-order valence-corrected chi connectivity index (χ2v) is 5.99. The van der Waals surface area contributed by atoms with Crippen molar-refractivity contribution in [1.29, 1.82) is 0 Å². The summed E-state index contributed by atoms with van der Waals surface area (Å²) in [4.78, 5) is 23.0. The molecule has 7 heteroatoms. The normalized spacial score (nSPS) is 21.3. The molecule has 1 aromatic rings. The fraction of sp³-hybridized carbons (Fsp3) is 0.467. The van der Waals surface area contributed by atoms with E-state index in [-0.39, 0.29) is 5.92 Å². The maximum Gasteiger partial charge on any atom is 0.416 e. The summed E-state index contributed by atoms with van der Waals surface area (Å²) >= 11 is 0. The summed E-state index contributed by atoms with van der Waals surface area (Å²) in [6.07, 6.45) is -4.00. The Balaban J connectivity index is 2.07. The molecule has 4 nitrogen and oxygen atoms in total. The molecule has 0 radical (unpaired) electrons. The molecule has 1 amide bonds. The van der Waals surface area contributed by atoms with Gasteiger partial charge < -0.3 is 10.4 Å². The van der Waals surface area contributed by atoms with Gasteiger partial charge in [-0.1, -0.05) is 18.2 Å². The van der Waals surface area contributed by atoms with E-state index in [0.717, 1.165) is 12.1 Å². The van der Waals surface area contributed by atoms with Crippen LogP contribution in [-0.2, 0) is 15.8 Å². The number of hydrogen-bond donors (Lipinski definition) is 2. The van der Waals surface area contributed by atoms with Gasteiger partial charge in [-0.3, -0.25) is 4.79 Å². The summed E-state index contributed by atoms with van der Waals surface area (Å²) in [5, 5.41) is 11.4. The standard InChI is InChI=1S/C15H16F3NO3/c1-14(2,13(21)22)19-12(20)11-7-10(11)8-4-3-5-9(6-8)15(16,17)18/h3-6,10-11H,7H2,1-2H3,(H,19,20)(H,21,22). The number of carbonyl (C=O) groups excluding carboxylic acids is 1. The summed E-state index contributed by atoms with van der Waals surface area (Å²) in [5.74, 6) is -2.40. The fourth-order valence-corrected chi connectivity index (χ4v) is 2.25. The molecular weight excluding hydrogens is 299 g/mol. The van der Waals surface area contributed by atoms with Crippen molar-refractivity contribution in [2.24, 2.45) is 5.92 Å². The Kier molecular flexibility index (Phi) is 3.93. The molecule has 120 valence electrons. The van der Waals surface area contributed by atoms with Gasteiger partial charge in [0, 0.05) is 5.92 Å². The molecule has 0 heterocycles. The van der Waals surface area contributed by atoms with Crippen LogP contribution in [0.15, 0.2) is 24.3 Å². The van der Waals surface area contributed by atoms with Gasteiger partial charge >= 0.3 is 12.1 Å². The molecule has 2 unspecified atom stereocenters. The molecule has 1 saturated carbocycles. The van der Waals surface area contributed by atoms with Gasteiger partial charge in [-0.2, -0.15) is 13.2 Å². The van der Waals surface area contributed by atoms with E-state index in [1.54, 1.807) is 6.07 Å². The summed E-state index contributed by atoms with van der Waals surface area (Å²) in [6.45, 7) is 2.71. The first-order chi connectivity index (χ1) is 10.0. The average molecular weight is 315 g/mol. The number of amides is 1. The Labute approximate surface area is 125 Å². The summed E-state index contributed by atoms with van der Waals surface area (Å²) in [6, 6.07) is 4.89. The molecule has 0 spiro atoms. The summed E-state index contributed by atoms with van der Waals surface area (Å²) in [5.41, 5.74) is -1.71. The molecule has 2 N–H and O–H groups in total. The highest BCUT2D eigenvalue weighted by Gasteiger charge is 2.46. The monoisotopic (exact) mass is 315 g/mol. The van der Waals surface area contributed by atoms with E-state index in [4.69, 9.17) is 5.11 Å². The SMILES string of the molecule is CC(C)(NC(=O)C1CC1c1cccc(C(F)(F)F)c1)C(=O)O. The molecule has 0 aromatic heterocycles. The zero-order chi connectivity index (χ0) is 16.7. The van der Waals surface area contributed by atoms with Crippen molar-refractivity contribution in [2.75, 3.05) is 0 Å². The zero-order valence-corrected chi connectivity index (χ0v) is 12.1. The maximum atomic E-state index is 12.7. The molecule has 2 atom stereocenters. The fourth-order valence-electron chi connectivity index (χ4n) is 2.25. The highest BCUT2D eigenvalue weighted by Crippen LogP contribution is 2.48. The first-order valence-electron chi connectivity index (χ1n) is 6.75. The number of carboxylic acid groups (broad SMARTS) is 1. The van der Waals surface area contributed by atoms with Gasteiger partial charge in [-0.05, 0) is 37.8 Å². The van der Waals surface area contributed by atoms with Gasteiger partial charge in [0.25, 0.3) is 0 Å². The van der Waals surface area contributed by atoms with Crippen LogP contribution in [0.5, 0.6) is 0 Å². The van der Waals surface area contributed by atoms with E-state index in [1.165, 1.54) is 19.9 Å². The number of nitrogens with one attached hydrogen (secondary N) is 1. The lowest BCUT2D eigenvalue weighted by atomic mass is 10.0. The molecule has 22 heavy (non-hydrogen) atoms. The van der Waals surface area contributed by atoms with E-state index in [1.807, 2.05) is 0 Å². The summed E-state index contributed by atoms with van der Waals surface area (Å²) < 4.78 is 38.0. The number of alkyl halides is 3. The van der Waals surface area contributed by atoms with Gasteiger partial charge in [0.2, 0.25) is 5.91 Å². The Bertz CT molecular complexity index is 610. The van der Waals surface area contributed by atoms with E-state index in [9.17, 15) is 22.8 Å². The van der Waals surface area contributed by atoms with Crippen molar-refractivity contribution < 1.29 is 27.9 Å². The maximum absolute atomic E-state index is 12.7. The largest absolute Gasteiger partial charge is 0.480 e. The van der Waals surface area contributed by atoms with Crippen molar-refractivity contribution in [2.45, 2.75) is 37.9 Å². The van der Waals surface area contributed by atoms with Gasteiger partial charge in [-0.25, -0.2) is 4.79 Å². The Hall–Kier alpha value is -2.05. The van der Waals surface area contributed by atoms with Gasteiger partial charge in [0.1, 0.15) is 5.54 Å². The van der Waals surface area contributed by atoms with E-state index in [2.05, 4.69) is 5.32 Å². The van der Waals surface area contributed by atoms with E-state index in [0.29, 0.717) is 12.0 Å². The van der Waals surface area contributed by atoms with Crippen molar-refractivity contribution in [3.8, 4) is 0 Å². The van der Waals surface area contributed by atoms with Crippen molar-refractivity contribution in [3.05, 3.63) is 35.4 Å². The van der Waals surface area contributed by atoms with Crippen LogP contribution < -0.4 is 5.32 Å². The number of hydrogen-bond acceptors (Lipinski definition) is 2. The lowest BCUT2D eigenvalue weighted by Gasteiger charge is -2.21. The number of carboxylic acids is 1. The van der Waals surface area contributed by atoms with Crippen molar-refractivity contribution in [3.63, 3.8) is 0 Å². The molecular formula is C15H16F3NO3. The predicted octanol–water partition coefficient (Wildman–Crippen LogP) is 2.79. The topological polar surface area (TPSA) is 66.4 Å². The highest BCUT2D eigenvalue weighted by atomic mass is 19.4. The number of aliphatic carboxylic acids is 1. The second-order valence-electron chi connectivity index (χ2n) is 5.99. The Morgan fingerprint density at radius 3 is 2.45 bits per heavy atom. The quantitative estimate of drug-likeness (QED) is 0.898. The molecule has 0 saturated heterocycles. The Morgan fingerprint density at radius 2 is 1.91 bits per heavy atom. The minimum absolute atomic E-state index is 0.299. The van der Waals surface area contributed by atoms with Crippen LogP contribution >= 0.6 is 0 Å². The first-order valence-corrected chi connectivity index (χ1v) is 6.75. The molecule has 0 aliphatic heterocycles. The van der Waals surface area contributed by atoms with Crippen molar-refractivity contribution in [1.82, 2.24) is 5.32 Å². The smallest absolute Gasteiger partial charge is 0.416 e. The van der Waals surface area contributed by atoms with Crippen LogP contribution in [0.4, 0.5) is 13.2 Å². The third-order valence-corrected chi connectivity index (χ3v) is 3.74. The third kappa shape index (κ3) is 3.40. The summed E-state index contributed by atoms with van der Waals surface area (Å²) in [7, 11) is 0. The van der Waals surface area contributed by atoms with Gasteiger partial charge in [0.15, 0.2) is 0 Å². The molecule has 2 rings (SSSR count). The van der Waals surface area contributed by atoms with Gasteiger partial charge in [0.05, 0.1) is 5.56 Å². The minimum atomic E-state index is -4.42. The highest BCUT2D eigenvalue weighted by molar-refractivity contribution is 5.89. The number of rotatable bonds is 4. The molecule has 1 aliphatic rings. The van der Waals surface area contributed by atoms with Crippen LogP contribution in [0.3, 0.4) is 0 Å². The van der Waals surface area contributed by atoms with Crippen LogP contribution in [0.25, 0.3) is 0 Å². The number of benzene rings is 1. The molecule has 1 fully saturated rings. The van der Waals surface area contributed by atoms with Gasteiger partial charge in [-0.15, -0.1) is 0 Å². The van der Waals surface area contributed by atoms with Crippen LogP contribution in [0.2, 0.25) is 0 Å². The predicted molar refractivity (Wildman–Crippen MR) is 72.1 cm³/mol. The lowest BCUT2D eigenvalue weighted by molar-refractivity contribution is -0.146. The second kappa shape index (κ2) is 5.30. The van der Waals surface area contributed by atoms with Crippen LogP contribution in [0, 0.1) is 5.92 Å². The van der Waals surface area contributed by atoms with Crippen LogP contribution in [0.1, 0.15) is 37.3 Å². The Morgan fingerprint density at radius 1 is 1.27 bits per heavy atom. The number of halogens is 3. The van der Waals surface area contributed by atoms with E-state index >= 15 is 0 Å². The first kappa shape index (κ1) is 16.3. The third-order valence-electron chi connectivity index (χ3n) is 3.74. The van der Waals surface area contributed by atoms with E-state index < -0.39 is 35.1 Å². The van der Waals surface area contributed by atoms with Crippen molar-refractivity contribution >= 4 is 11.9 Å². The minimum Gasteiger partial charge on any atom is -0.480 e.